The number of amides is 1. The first-order valence-electron chi connectivity index (χ1n) is 10.4. The van der Waals surface area contributed by atoms with Gasteiger partial charge in [-0.1, -0.05) is 12.1 Å². The molecule has 35 heavy (non-hydrogen) atoms. The predicted molar refractivity (Wildman–Crippen MR) is 121 cm³/mol. The van der Waals surface area contributed by atoms with Gasteiger partial charge in [-0.05, 0) is 42.0 Å². The van der Waals surface area contributed by atoms with Gasteiger partial charge in [-0.2, -0.15) is 13.2 Å². The number of nitrogens with two attached hydrogens (primary N) is 1. The van der Waals surface area contributed by atoms with Crippen molar-refractivity contribution in [3.63, 3.8) is 0 Å². The number of ether oxygens (including phenoxy) is 2. The van der Waals surface area contributed by atoms with Crippen molar-refractivity contribution < 1.29 is 31.9 Å². The monoisotopic (exact) mass is 486 g/mol. The Kier molecular flexibility index (Phi) is 6.61. The first kappa shape index (κ1) is 24.0. The van der Waals surface area contributed by atoms with Gasteiger partial charge in [0.15, 0.2) is 11.5 Å². The molecule has 0 aliphatic carbocycles. The summed E-state index contributed by atoms with van der Waals surface area (Å²) in [6.07, 6.45) is -4.62. The number of carbonyl (C=O) groups is 1. The highest BCUT2D eigenvalue weighted by Gasteiger charge is 2.33. The number of hydrogen-bond donors (Lipinski definition) is 2. The minimum Gasteiger partial charge on any atom is -0.497 e. The van der Waals surface area contributed by atoms with E-state index in [0.29, 0.717) is 16.7 Å². The molecular weight excluding hydrogens is 465 g/mol. The third-order valence-electron chi connectivity index (χ3n) is 5.27. The van der Waals surface area contributed by atoms with Crippen molar-refractivity contribution in [2.24, 2.45) is 5.73 Å². The van der Waals surface area contributed by atoms with Gasteiger partial charge in [-0.25, -0.2) is 9.97 Å². The van der Waals surface area contributed by atoms with Gasteiger partial charge < -0.3 is 24.9 Å². The number of aromatic nitrogens is 2. The van der Waals surface area contributed by atoms with Gasteiger partial charge in [0, 0.05) is 17.5 Å². The molecule has 0 atom stereocenters. The number of alkyl halides is 3. The molecule has 2 heterocycles. The minimum atomic E-state index is -4.62. The standard InChI is InChI=1S/C24H21F3N4O4/c1-33-14-5-3-13(4-6-14)12-29-22(32)21-18(11-28)35-23(31-21)16-7-9-17(34-2)20-15(16)8-10-19(30-20)24(25,26)27/h3-10H,11-12,28H2,1-2H3,(H,29,32). The number of oxazole rings is 1. The second-order valence-corrected chi connectivity index (χ2v) is 7.43. The van der Waals surface area contributed by atoms with Gasteiger partial charge in [0.2, 0.25) is 5.89 Å². The summed E-state index contributed by atoms with van der Waals surface area (Å²) in [7, 11) is 2.89. The van der Waals surface area contributed by atoms with Gasteiger partial charge in [0.1, 0.15) is 22.7 Å². The molecule has 0 spiro atoms. The smallest absolute Gasteiger partial charge is 0.433 e. The molecule has 2 aromatic carbocycles. The first-order valence-corrected chi connectivity index (χ1v) is 10.4. The molecule has 0 saturated heterocycles. The lowest BCUT2D eigenvalue weighted by atomic mass is 10.1. The Morgan fingerprint density at radius 1 is 1.03 bits per heavy atom. The van der Waals surface area contributed by atoms with Crippen molar-refractivity contribution in [2.45, 2.75) is 19.3 Å². The Labute approximate surface area is 197 Å². The number of nitrogens with one attached hydrogen (secondary N) is 1. The second kappa shape index (κ2) is 9.63. The average molecular weight is 486 g/mol. The fourth-order valence-corrected chi connectivity index (χ4v) is 3.49. The van der Waals surface area contributed by atoms with Crippen LogP contribution in [0.25, 0.3) is 22.4 Å². The highest BCUT2D eigenvalue weighted by atomic mass is 19.4. The van der Waals surface area contributed by atoms with Crippen LogP contribution in [0.2, 0.25) is 0 Å². The maximum atomic E-state index is 13.2. The molecule has 4 rings (SSSR count). The van der Waals surface area contributed by atoms with E-state index in [1.165, 1.54) is 19.2 Å². The third kappa shape index (κ3) is 4.90. The summed E-state index contributed by atoms with van der Waals surface area (Å²) >= 11 is 0. The lowest BCUT2D eigenvalue weighted by Gasteiger charge is -2.11. The molecule has 0 aliphatic heterocycles. The van der Waals surface area contributed by atoms with Gasteiger partial charge in [-0.15, -0.1) is 0 Å². The molecule has 0 aliphatic rings. The molecule has 0 bridgehead atoms. The minimum absolute atomic E-state index is 0.0140. The van der Waals surface area contributed by atoms with Crippen LogP contribution in [0.15, 0.2) is 52.9 Å². The first-order chi connectivity index (χ1) is 16.7. The maximum Gasteiger partial charge on any atom is 0.433 e. The second-order valence-electron chi connectivity index (χ2n) is 7.43. The highest BCUT2D eigenvalue weighted by Crippen LogP contribution is 2.36. The van der Waals surface area contributed by atoms with E-state index in [1.807, 2.05) is 12.1 Å². The Balaban J connectivity index is 1.67. The van der Waals surface area contributed by atoms with Crippen molar-refractivity contribution in [1.29, 1.82) is 0 Å². The van der Waals surface area contributed by atoms with E-state index in [2.05, 4.69) is 15.3 Å². The van der Waals surface area contributed by atoms with E-state index in [1.54, 1.807) is 25.3 Å². The molecule has 0 radical (unpaired) electrons. The zero-order chi connectivity index (χ0) is 25.2. The molecule has 8 nitrogen and oxygen atoms in total. The van der Waals surface area contributed by atoms with E-state index < -0.39 is 17.8 Å². The Bertz CT molecular complexity index is 1370. The van der Waals surface area contributed by atoms with Gasteiger partial charge >= 0.3 is 6.18 Å². The molecule has 2 aromatic heterocycles. The van der Waals surface area contributed by atoms with E-state index in [0.717, 1.165) is 11.6 Å². The molecule has 0 unspecified atom stereocenters. The number of methoxy groups -OCH3 is 2. The van der Waals surface area contributed by atoms with Crippen LogP contribution in [0, 0.1) is 0 Å². The van der Waals surface area contributed by atoms with Crippen LogP contribution >= 0.6 is 0 Å². The number of pyridine rings is 1. The molecule has 0 fully saturated rings. The number of carbonyl (C=O) groups excluding carboxylic acids is 1. The van der Waals surface area contributed by atoms with Crippen LogP contribution in [0.5, 0.6) is 11.5 Å². The molecule has 182 valence electrons. The van der Waals surface area contributed by atoms with Crippen molar-refractivity contribution in [2.75, 3.05) is 14.2 Å². The summed E-state index contributed by atoms with van der Waals surface area (Å²) in [5.41, 5.74) is 5.85. The Hall–Kier alpha value is -4.12. The van der Waals surface area contributed by atoms with Crippen LogP contribution in [-0.4, -0.2) is 30.1 Å². The third-order valence-corrected chi connectivity index (χ3v) is 5.27. The van der Waals surface area contributed by atoms with Crippen molar-refractivity contribution in [3.8, 4) is 23.0 Å². The molecule has 0 saturated carbocycles. The zero-order valence-corrected chi connectivity index (χ0v) is 18.8. The summed E-state index contributed by atoms with van der Waals surface area (Å²) in [5, 5.41) is 3.07. The number of halogens is 3. The largest absolute Gasteiger partial charge is 0.497 e. The quantitative estimate of drug-likeness (QED) is 0.400. The number of rotatable bonds is 7. The Morgan fingerprint density at radius 2 is 1.77 bits per heavy atom. The summed E-state index contributed by atoms with van der Waals surface area (Å²) < 4.78 is 55.6. The lowest BCUT2D eigenvalue weighted by Crippen LogP contribution is -2.24. The van der Waals surface area contributed by atoms with Gasteiger partial charge in [-0.3, -0.25) is 4.79 Å². The number of hydrogen-bond acceptors (Lipinski definition) is 7. The molecule has 11 heteroatoms. The summed E-state index contributed by atoms with van der Waals surface area (Å²) in [4.78, 5) is 20.8. The fourth-order valence-electron chi connectivity index (χ4n) is 3.49. The SMILES string of the molecule is COc1ccc(CNC(=O)c2nc(-c3ccc(OC)c4nc(C(F)(F)F)ccc34)oc2CN)cc1. The van der Waals surface area contributed by atoms with E-state index in [4.69, 9.17) is 19.6 Å². The highest BCUT2D eigenvalue weighted by molar-refractivity contribution is 5.98. The number of fused-ring (bicyclic) bond motifs is 1. The lowest BCUT2D eigenvalue weighted by molar-refractivity contribution is -0.140. The van der Waals surface area contributed by atoms with Crippen molar-refractivity contribution in [3.05, 3.63) is 71.2 Å². The van der Waals surface area contributed by atoms with Gasteiger partial charge in [0.25, 0.3) is 5.91 Å². The summed E-state index contributed by atoms with van der Waals surface area (Å²) in [6, 6.07) is 12.3. The summed E-state index contributed by atoms with van der Waals surface area (Å²) in [6.45, 7) is 0.119. The van der Waals surface area contributed by atoms with Crippen molar-refractivity contribution in [1.82, 2.24) is 15.3 Å². The van der Waals surface area contributed by atoms with E-state index in [9.17, 15) is 18.0 Å². The maximum absolute atomic E-state index is 13.2. The predicted octanol–water partition coefficient (Wildman–Crippen LogP) is 4.31. The topological polar surface area (TPSA) is 112 Å². The van der Waals surface area contributed by atoms with Crippen LogP contribution in [-0.2, 0) is 19.3 Å². The normalized spacial score (nSPS) is 11.5. The van der Waals surface area contributed by atoms with Crippen molar-refractivity contribution >= 4 is 16.8 Å². The number of benzene rings is 2. The molecular formula is C24H21F3N4O4. The van der Waals surface area contributed by atoms with Crippen LogP contribution < -0.4 is 20.5 Å². The van der Waals surface area contributed by atoms with Crippen LogP contribution in [0.1, 0.15) is 27.5 Å². The number of nitrogens with zero attached hydrogens (tertiary/aromatic N) is 2. The van der Waals surface area contributed by atoms with Gasteiger partial charge in [0.05, 0.1) is 20.8 Å². The van der Waals surface area contributed by atoms with Crippen LogP contribution in [0.4, 0.5) is 13.2 Å². The summed E-state index contributed by atoms with van der Waals surface area (Å²) in [5.74, 6) is 0.491. The molecule has 3 N–H and O–H groups in total. The van der Waals surface area contributed by atoms with E-state index in [-0.39, 0.29) is 41.7 Å². The van der Waals surface area contributed by atoms with Crippen LogP contribution in [0.3, 0.4) is 0 Å². The molecule has 1 amide bonds. The van der Waals surface area contributed by atoms with E-state index >= 15 is 0 Å². The zero-order valence-electron chi connectivity index (χ0n) is 18.8. The fraction of sp³-hybridized carbons (Fsp3) is 0.208. The molecule has 4 aromatic rings. The average Bonchev–Trinajstić information content (AvgIpc) is 3.30. The Morgan fingerprint density at radius 3 is 2.40 bits per heavy atom.